The molecule has 19 heavy (non-hydrogen) atoms. The fraction of sp³-hybridized carbons (Fsp3) is 0.571. The number of benzene rings is 1. The lowest BCUT2D eigenvalue weighted by Crippen LogP contribution is -2.35. The highest BCUT2D eigenvalue weighted by Gasteiger charge is 2.19. The minimum atomic E-state index is -3.15. The van der Waals surface area contributed by atoms with Crippen molar-refractivity contribution < 1.29 is 8.42 Å². The number of thioether (sulfide) groups is 1. The van der Waals surface area contributed by atoms with Gasteiger partial charge in [0.05, 0.1) is 4.90 Å². The van der Waals surface area contributed by atoms with Crippen molar-refractivity contribution >= 4 is 21.6 Å². The molecule has 1 saturated heterocycles. The van der Waals surface area contributed by atoms with Crippen molar-refractivity contribution in [2.75, 3.05) is 19.1 Å². The molecule has 0 amide bonds. The molecule has 1 aromatic rings. The van der Waals surface area contributed by atoms with Crippen LogP contribution in [0.4, 0.5) is 0 Å². The Morgan fingerprint density at radius 2 is 2.16 bits per heavy atom. The number of sulfone groups is 1. The Morgan fingerprint density at radius 3 is 2.74 bits per heavy atom. The van der Waals surface area contributed by atoms with E-state index >= 15 is 0 Å². The minimum absolute atomic E-state index is 0.466. The first-order valence-corrected chi connectivity index (χ1v) is 9.73. The molecule has 1 fully saturated rings. The Morgan fingerprint density at radius 1 is 1.37 bits per heavy atom. The van der Waals surface area contributed by atoms with E-state index in [-0.39, 0.29) is 0 Å². The van der Waals surface area contributed by atoms with Gasteiger partial charge in [0, 0.05) is 17.2 Å². The number of piperidine rings is 1. The monoisotopic (exact) mass is 299 g/mol. The summed E-state index contributed by atoms with van der Waals surface area (Å²) in [5, 5.41) is 3.52. The highest BCUT2D eigenvalue weighted by molar-refractivity contribution is 7.99. The molecular weight excluding hydrogens is 278 g/mol. The molecule has 0 aliphatic carbocycles. The van der Waals surface area contributed by atoms with Gasteiger partial charge in [-0.15, -0.1) is 11.8 Å². The second kappa shape index (κ2) is 6.29. The van der Waals surface area contributed by atoms with Gasteiger partial charge in [0.15, 0.2) is 9.84 Å². The first-order valence-electron chi connectivity index (χ1n) is 6.61. The third-order valence-electron chi connectivity index (χ3n) is 3.54. The van der Waals surface area contributed by atoms with Gasteiger partial charge >= 0.3 is 0 Å². The first-order chi connectivity index (χ1) is 9.02. The highest BCUT2D eigenvalue weighted by atomic mass is 32.2. The van der Waals surface area contributed by atoms with E-state index in [1.165, 1.54) is 37.3 Å². The van der Waals surface area contributed by atoms with E-state index < -0.39 is 9.84 Å². The van der Waals surface area contributed by atoms with E-state index in [9.17, 15) is 8.42 Å². The van der Waals surface area contributed by atoms with E-state index in [1.54, 1.807) is 6.07 Å². The third kappa shape index (κ3) is 3.74. The van der Waals surface area contributed by atoms with Gasteiger partial charge in [0.2, 0.25) is 0 Å². The predicted molar refractivity (Wildman–Crippen MR) is 80.7 cm³/mol. The molecule has 3 nitrogen and oxygen atoms in total. The molecule has 5 heteroatoms. The summed E-state index contributed by atoms with van der Waals surface area (Å²) in [6.07, 6.45) is 7.83. The zero-order chi connectivity index (χ0) is 13.9. The Labute approximate surface area is 120 Å². The molecule has 0 aromatic heterocycles. The number of rotatable bonds is 4. The second-order valence-electron chi connectivity index (χ2n) is 5.07. The molecule has 1 atom stereocenters. The Balaban J connectivity index is 2.29. The molecule has 2 rings (SSSR count). The summed E-state index contributed by atoms with van der Waals surface area (Å²) < 4.78 is 23.7. The lowest BCUT2D eigenvalue weighted by Gasteiger charge is -2.24. The molecule has 1 aromatic carbocycles. The van der Waals surface area contributed by atoms with Crippen molar-refractivity contribution in [1.82, 2.24) is 5.32 Å². The van der Waals surface area contributed by atoms with Crippen LogP contribution in [0.25, 0.3) is 0 Å². The quantitative estimate of drug-likeness (QED) is 0.868. The standard InChI is InChI=1S/C14H21NO2S2/c1-18-14-11(10-12-7-3-4-9-15-12)6-5-8-13(14)19(2,16)17/h5-6,8,12,15H,3-4,7,9-10H2,1-2H3. The second-order valence-corrected chi connectivity index (χ2v) is 7.87. The number of hydrogen-bond donors (Lipinski definition) is 1. The van der Waals surface area contributed by atoms with Crippen LogP contribution in [0.5, 0.6) is 0 Å². The molecule has 1 N–H and O–H groups in total. The topological polar surface area (TPSA) is 46.2 Å². The van der Waals surface area contributed by atoms with E-state index in [2.05, 4.69) is 11.4 Å². The van der Waals surface area contributed by atoms with Crippen LogP contribution in [0.1, 0.15) is 24.8 Å². The van der Waals surface area contributed by atoms with Gasteiger partial charge in [-0.05, 0) is 43.7 Å². The van der Waals surface area contributed by atoms with Gasteiger partial charge in [-0.1, -0.05) is 18.6 Å². The van der Waals surface area contributed by atoms with Crippen molar-refractivity contribution in [3.8, 4) is 0 Å². The molecule has 0 spiro atoms. The number of nitrogens with one attached hydrogen (secondary N) is 1. The molecule has 106 valence electrons. The highest BCUT2D eigenvalue weighted by Crippen LogP contribution is 2.30. The van der Waals surface area contributed by atoms with Crippen molar-refractivity contribution in [1.29, 1.82) is 0 Å². The van der Waals surface area contributed by atoms with Crippen molar-refractivity contribution in [2.45, 2.75) is 41.5 Å². The van der Waals surface area contributed by atoms with Crippen molar-refractivity contribution in [3.05, 3.63) is 23.8 Å². The molecule has 1 aliphatic rings. The van der Waals surface area contributed by atoms with Crippen LogP contribution in [0.15, 0.2) is 28.0 Å². The zero-order valence-electron chi connectivity index (χ0n) is 11.5. The maximum Gasteiger partial charge on any atom is 0.176 e. The first kappa shape index (κ1) is 14.9. The SMILES string of the molecule is CSc1c(CC2CCCCN2)cccc1S(C)(=O)=O. The van der Waals surface area contributed by atoms with Gasteiger partial charge in [-0.2, -0.15) is 0 Å². The summed E-state index contributed by atoms with van der Waals surface area (Å²) in [4.78, 5) is 1.38. The maximum absolute atomic E-state index is 11.8. The lowest BCUT2D eigenvalue weighted by molar-refractivity contribution is 0.397. The fourth-order valence-corrected chi connectivity index (χ4v) is 4.79. The smallest absolute Gasteiger partial charge is 0.176 e. The Kier molecular flexibility index (Phi) is 4.92. The average molecular weight is 299 g/mol. The maximum atomic E-state index is 11.8. The molecular formula is C14H21NO2S2. The van der Waals surface area contributed by atoms with Crippen LogP contribution in [-0.4, -0.2) is 33.5 Å². The molecule has 1 heterocycles. The van der Waals surface area contributed by atoms with Crippen LogP contribution in [0.3, 0.4) is 0 Å². The molecule has 0 radical (unpaired) electrons. The average Bonchev–Trinajstić information content (AvgIpc) is 2.38. The van der Waals surface area contributed by atoms with Crippen LogP contribution >= 0.6 is 11.8 Å². The summed E-state index contributed by atoms with van der Waals surface area (Å²) in [6, 6.07) is 6.10. The van der Waals surface area contributed by atoms with Gasteiger partial charge in [-0.25, -0.2) is 8.42 Å². The van der Waals surface area contributed by atoms with Crippen LogP contribution in [0, 0.1) is 0 Å². The summed E-state index contributed by atoms with van der Waals surface area (Å²) in [6.45, 7) is 1.07. The Bertz CT molecular complexity index is 534. The molecule has 0 saturated carbocycles. The molecule has 1 unspecified atom stereocenters. The summed E-state index contributed by atoms with van der Waals surface area (Å²) in [5.41, 5.74) is 1.15. The fourth-order valence-electron chi connectivity index (χ4n) is 2.61. The van der Waals surface area contributed by atoms with E-state index in [0.29, 0.717) is 10.9 Å². The summed E-state index contributed by atoms with van der Waals surface area (Å²) >= 11 is 1.53. The molecule has 0 bridgehead atoms. The van der Waals surface area contributed by atoms with Gasteiger partial charge < -0.3 is 5.32 Å². The van der Waals surface area contributed by atoms with Crippen molar-refractivity contribution in [3.63, 3.8) is 0 Å². The number of hydrogen-bond acceptors (Lipinski definition) is 4. The molecule has 1 aliphatic heterocycles. The minimum Gasteiger partial charge on any atom is -0.314 e. The largest absolute Gasteiger partial charge is 0.314 e. The Hall–Kier alpha value is -0.520. The van der Waals surface area contributed by atoms with Gasteiger partial charge in [0.25, 0.3) is 0 Å². The van der Waals surface area contributed by atoms with Crippen LogP contribution < -0.4 is 5.32 Å². The third-order valence-corrected chi connectivity index (χ3v) is 5.70. The normalized spacial score (nSPS) is 20.4. The van der Waals surface area contributed by atoms with E-state index in [4.69, 9.17) is 0 Å². The van der Waals surface area contributed by atoms with Crippen molar-refractivity contribution in [2.24, 2.45) is 0 Å². The van der Waals surface area contributed by atoms with Crippen LogP contribution in [0.2, 0.25) is 0 Å². The zero-order valence-corrected chi connectivity index (χ0v) is 13.1. The lowest BCUT2D eigenvalue weighted by atomic mass is 9.98. The predicted octanol–water partition coefficient (Wildman–Crippen LogP) is 2.50. The van der Waals surface area contributed by atoms with E-state index in [0.717, 1.165) is 23.4 Å². The van der Waals surface area contributed by atoms with Crippen LogP contribution in [-0.2, 0) is 16.3 Å². The summed E-state index contributed by atoms with van der Waals surface area (Å²) in [7, 11) is -3.15. The van der Waals surface area contributed by atoms with Gasteiger partial charge in [0.1, 0.15) is 0 Å². The van der Waals surface area contributed by atoms with E-state index in [1.807, 2.05) is 12.3 Å². The summed E-state index contributed by atoms with van der Waals surface area (Å²) in [5.74, 6) is 0. The van der Waals surface area contributed by atoms with Gasteiger partial charge in [-0.3, -0.25) is 0 Å².